The largest absolute Gasteiger partial charge is 0.372 e. The highest BCUT2D eigenvalue weighted by Gasteiger charge is 2.22. The Labute approximate surface area is 103 Å². The summed E-state index contributed by atoms with van der Waals surface area (Å²) in [6, 6.07) is 2.07. The van der Waals surface area contributed by atoms with Crippen molar-refractivity contribution in [1.29, 1.82) is 5.26 Å². The van der Waals surface area contributed by atoms with Gasteiger partial charge in [0, 0.05) is 18.9 Å². The molecule has 0 aromatic carbocycles. The summed E-state index contributed by atoms with van der Waals surface area (Å²) in [6.07, 6.45) is 0. The number of rotatable bonds is 4. The lowest BCUT2D eigenvalue weighted by molar-refractivity contribution is -0.120. The minimum absolute atomic E-state index is 0.0172. The van der Waals surface area contributed by atoms with Crippen LogP contribution in [0.5, 0.6) is 0 Å². The number of carbonyl (C=O) groups excluding carboxylic acids is 1. The Morgan fingerprint density at radius 2 is 2.59 bits per heavy atom. The van der Waals surface area contributed by atoms with Crippen LogP contribution in [-0.4, -0.2) is 34.4 Å². The first-order valence-electron chi connectivity index (χ1n) is 5.27. The van der Waals surface area contributed by atoms with Crippen LogP contribution in [0.3, 0.4) is 0 Å². The predicted octanol–water partition coefficient (Wildman–Crippen LogP) is 0.835. The average Bonchev–Trinajstić information content (AvgIpc) is 2.86. The molecule has 0 atom stereocenters. The molecule has 0 spiro atoms. The number of carbonyl (C=O) groups is 1. The number of amides is 1. The number of nitriles is 1. The number of hydrogen-bond acceptors (Lipinski definition) is 5. The second-order valence-corrected chi connectivity index (χ2v) is 4.45. The van der Waals surface area contributed by atoms with Crippen LogP contribution >= 0.6 is 11.8 Å². The molecule has 0 radical (unpaired) electrons. The Hall–Kier alpha value is -1.52. The molecule has 2 rings (SSSR count). The van der Waals surface area contributed by atoms with E-state index in [4.69, 9.17) is 10.00 Å². The molecule has 0 saturated carbocycles. The molecule has 0 fully saturated rings. The smallest absolute Gasteiger partial charge is 0.251 e. The van der Waals surface area contributed by atoms with Crippen molar-refractivity contribution < 1.29 is 9.53 Å². The van der Waals surface area contributed by atoms with E-state index in [1.54, 1.807) is 11.8 Å². The second kappa shape index (κ2) is 5.21. The van der Waals surface area contributed by atoms with E-state index in [2.05, 4.69) is 16.4 Å². The molecule has 1 aliphatic heterocycles. The minimum atomic E-state index is -0.287. The normalized spacial score (nSPS) is 13.2. The third-order valence-corrected chi connectivity index (χ3v) is 3.24. The number of thioether (sulfide) groups is 1. The lowest BCUT2D eigenvalue weighted by atomic mass is 10.4. The molecule has 90 valence electrons. The van der Waals surface area contributed by atoms with Crippen LogP contribution in [0, 0.1) is 11.3 Å². The minimum Gasteiger partial charge on any atom is -0.372 e. The first kappa shape index (κ1) is 12.0. The van der Waals surface area contributed by atoms with Gasteiger partial charge < -0.3 is 14.6 Å². The van der Waals surface area contributed by atoms with Gasteiger partial charge in [0.05, 0.1) is 0 Å². The van der Waals surface area contributed by atoms with Gasteiger partial charge in [-0.05, 0) is 6.92 Å². The summed E-state index contributed by atoms with van der Waals surface area (Å²) >= 11 is 1.58. The van der Waals surface area contributed by atoms with Gasteiger partial charge in [-0.3, -0.25) is 4.79 Å². The van der Waals surface area contributed by atoms with Crippen LogP contribution in [0.25, 0.3) is 0 Å². The van der Waals surface area contributed by atoms with E-state index < -0.39 is 0 Å². The molecule has 1 aliphatic rings. The van der Waals surface area contributed by atoms with E-state index in [9.17, 15) is 4.79 Å². The average molecular weight is 252 g/mol. The first-order valence-corrected chi connectivity index (χ1v) is 6.25. The van der Waals surface area contributed by atoms with Gasteiger partial charge in [-0.15, -0.1) is 0 Å². The van der Waals surface area contributed by atoms with E-state index in [1.807, 2.05) is 11.5 Å². The molecule has 2 heterocycles. The maximum absolute atomic E-state index is 11.5. The van der Waals surface area contributed by atoms with Crippen LogP contribution in [-0.2, 0) is 16.1 Å². The van der Waals surface area contributed by atoms with Crippen LogP contribution in [0.2, 0.25) is 0 Å². The maximum Gasteiger partial charge on any atom is 0.251 e. The zero-order chi connectivity index (χ0) is 12.3. The summed E-state index contributed by atoms with van der Waals surface area (Å²) in [5.41, 5.74) is 0.412. The van der Waals surface area contributed by atoms with E-state index >= 15 is 0 Å². The quantitative estimate of drug-likeness (QED) is 0.858. The van der Waals surface area contributed by atoms with E-state index in [-0.39, 0.29) is 12.5 Å². The summed E-state index contributed by atoms with van der Waals surface area (Å²) in [7, 11) is 0. The van der Waals surface area contributed by atoms with Crippen molar-refractivity contribution in [2.45, 2.75) is 18.6 Å². The molecule has 0 saturated heterocycles. The first-order chi connectivity index (χ1) is 8.26. The van der Waals surface area contributed by atoms with Gasteiger partial charge in [0.2, 0.25) is 0 Å². The summed E-state index contributed by atoms with van der Waals surface area (Å²) in [5, 5.41) is 12.4. The van der Waals surface area contributed by atoms with Gasteiger partial charge in [-0.2, -0.15) is 5.26 Å². The van der Waals surface area contributed by atoms with Gasteiger partial charge in [0.25, 0.3) is 5.91 Å². The number of fused-ring (bicyclic) bond motifs is 1. The molecule has 0 unspecified atom stereocenters. The summed E-state index contributed by atoms with van der Waals surface area (Å²) in [5.74, 6) is 0.967. The Morgan fingerprint density at radius 1 is 1.76 bits per heavy atom. The van der Waals surface area contributed by atoms with Crippen molar-refractivity contribution in [3.63, 3.8) is 0 Å². The molecule has 1 amide bonds. The number of imidazole rings is 1. The summed E-state index contributed by atoms with van der Waals surface area (Å²) in [6.45, 7) is 3.04. The van der Waals surface area contributed by atoms with Gasteiger partial charge in [0.1, 0.15) is 12.7 Å². The number of nitrogens with one attached hydrogen (secondary N) is 1. The number of nitrogens with zero attached hydrogens (tertiary/aromatic N) is 3. The van der Waals surface area contributed by atoms with Crippen LogP contribution in [0.4, 0.5) is 5.82 Å². The van der Waals surface area contributed by atoms with Crippen LogP contribution < -0.4 is 5.32 Å². The predicted molar refractivity (Wildman–Crippen MR) is 62.8 cm³/mol. The third-order valence-electron chi connectivity index (χ3n) is 2.28. The third kappa shape index (κ3) is 2.43. The molecule has 17 heavy (non-hydrogen) atoms. The monoisotopic (exact) mass is 252 g/mol. The standard InChI is InChI=1S/C10H12N4O2S/c1-2-16-6-8(15)12-9-7(5-11)14-3-4-17-10(14)13-9/h2-4,6H2,1H3,(H,12,15). The fourth-order valence-corrected chi connectivity index (χ4v) is 2.49. The molecular formula is C10H12N4O2S. The topological polar surface area (TPSA) is 79.9 Å². The number of hydrogen-bond donors (Lipinski definition) is 1. The highest BCUT2D eigenvalue weighted by molar-refractivity contribution is 7.99. The Morgan fingerprint density at radius 3 is 3.29 bits per heavy atom. The van der Waals surface area contributed by atoms with Crippen molar-refractivity contribution >= 4 is 23.5 Å². The highest BCUT2D eigenvalue weighted by Crippen LogP contribution is 2.29. The number of anilines is 1. The van der Waals surface area contributed by atoms with Gasteiger partial charge in [-0.25, -0.2) is 4.98 Å². The van der Waals surface area contributed by atoms with Crippen molar-refractivity contribution in [1.82, 2.24) is 9.55 Å². The molecular weight excluding hydrogens is 240 g/mol. The van der Waals surface area contributed by atoms with Gasteiger partial charge >= 0.3 is 0 Å². The van der Waals surface area contributed by atoms with Gasteiger partial charge in [0.15, 0.2) is 16.7 Å². The summed E-state index contributed by atoms with van der Waals surface area (Å²) < 4.78 is 6.80. The lowest BCUT2D eigenvalue weighted by Gasteiger charge is -2.03. The molecule has 0 bridgehead atoms. The van der Waals surface area contributed by atoms with Crippen molar-refractivity contribution in [2.75, 3.05) is 24.3 Å². The SMILES string of the molecule is CCOCC(=O)Nc1nc2n(c1C#N)CCS2. The Kier molecular flexibility index (Phi) is 3.66. The Bertz CT molecular complexity index is 477. The number of aromatic nitrogens is 2. The maximum atomic E-state index is 11.5. The molecule has 7 heteroatoms. The van der Waals surface area contributed by atoms with Gasteiger partial charge in [-0.1, -0.05) is 11.8 Å². The lowest BCUT2D eigenvalue weighted by Crippen LogP contribution is -2.19. The Balaban J connectivity index is 2.12. The molecule has 1 aromatic heterocycles. The van der Waals surface area contributed by atoms with E-state index in [0.717, 1.165) is 17.5 Å². The molecule has 6 nitrogen and oxygen atoms in total. The highest BCUT2D eigenvalue weighted by atomic mass is 32.2. The fraction of sp³-hybridized carbons (Fsp3) is 0.500. The van der Waals surface area contributed by atoms with Crippen LogP contribution in [0.15, 0.2) is 5.16 Å². The molecule has 0 aliphatic carbocycles. The molecule has 1 aromatic rings. The second-order valence-electron chi connectivity index (χ2n) is 3.39. The fourth-order valence-electron chi connectivity index (χ4n) is 1.54. The van der Waals surface area contributed by atoms with Crippen LogP contribution in [0.1, 0.15) is 12.6 Å². The van der Waals surface area contributed by atoms with E-state index in [0.29, 0.717) is 18.1 Å². The van der Waals surface area contributed by atoms with Crippen molar-refractivity contribution in [2.24, 2.45) is 0 Å². The zero-order valence-electron chi connectivity index (χ0n) is 9.39. The number of ether oxygens (including phenoxy) is 1. The van der Waals surface area contributed by atoms with Crippen molar-refractivity contribution in [3.05, 3.63) is 5.69 Å². The molecule has 1 N–H and O–H groups in total. The zero-order valence-corrected chi connectivity index (χ0v) is 10.2. The summed E-state index contributed by atoms with van der Waals surface area (Å²) in [4.78, 5) is 15.7. The van der Waals surface area contributed by atoms with E-state index in [1.165, 1.54) is 0 Å². The van der Waals surface area contributed by atoms with Crippen molar-refractivity contribution in [3.8, 4) is 6.07 Å².